The van der Waals surface area contributed by atoms with Crippen LogP contribution < -0.4 is 78.8 Å². The number of hydrogen-bond acceptors (Lipinski definition) is 6. The fourth-order valence-corrected chi connectivity index (χ4v) is 2.12. The van der Waals surface area contributed by atoms with Crippen molar-refractivity contribution in [1.82, 2.24) is 0 Å². The van der Waals surface area contributed by atoms with E-state index >= 15 is 0 Å². The minimum absolute atomic E-state index is 0. The van der Waals surface area contributed by atoms with E-state index in [4.69, 9.17) is 9.47 Å². The molecule has 1 atom stereocenters. The first-order valence-electron chi connectivity index (χ1n) is 5.43. The molecule has 0 aromatic heterocycles. The fraction of sp³-hybridized carbons (Fsp3) is 0.333. The second-order valence-electron chi connectivity index (χ2n) is 4.16. The van der Waals surface area contributed by atoms with Gasteiger partial charge in [0.15, 0.2) is 11.5 Å². The minimum atomic E-state index is -2.92. The van der Waals surface area contributed by atoms with Crippen LogP contribution in [0, 0.1) is 0 Å². The number of carbonyl (C=O) groups excluding carboxylic acids is 2. The van der Waals surface area contributed by atoms with Gasteiger partial charge in [-0.25, -0.2) is 0 Å². The maximum absolute atomic E-state index is 10.9. The Morgan fingerprint density at radius 2 is 1.71 bits per heavy atom. The van der Waals surface area contributed by atoms with Crippen LogP contribution in [0.2, 0.25) is 0 Å². The molecule has 1 unspecified atom stereocenters. The fourth-order valence-electron chi connectivity index (χ4n) is 1.75. The Kier molecular flexibility index (Phi) is 8.29. The van der Waals surface area contributed by atoms with E-state index in [9.17, 15) is 19.8 Å². The molecule has 1 heterocycles. The Bertz CT molecular complexity index is 535. The first kappa shape index (κ1) is 21.2. The van der Waals surface area contributed by atoms with Gasteiger partial charge in [0.1, 0.15) is 11.9 Å². The van der Waals surface area contributed by atoms with E-state index < -0.39 is 17.7 Å². The number of aliphatic carboxylic acids is 2. The Morgan fingerprint density at radius 3 is 2.19 bits per heavy atom. The Morgan fingerprint density at radius 1 is 1.19 bits per heavy atom. The molecule has 0 radical (unpaired) electrons. The number of halogens is 1. The molecule has 102 valence electrons. The number of hydrogen-bond donors (Lipinski definition) is 0. The van der Waals surface area contributed by atoms with E-state index in [1.165, 1.54) is 12.1 Å². The van der Waals surface area contributed by atoms with E-state index in [2.05, 4.69) is 15.9 Å². The predicted octanol–water partition coefficient (Wildman–Crippen LogP) is -7.01. The summed E-state index contributed by atoms with van der Waals surface area (Å²) in [6, 6.07) is 4.68. The average Bonchev–Trinajstić information content (AvgIpc) is 2.68. The summed E-state index contributed by atoms with van der Waals surface area (Å²) in [5.41, 5.74) is 0.847. The van der Waals surface area contributed by atoms with Crippen molar-refractivity contribution < 1.29 is 88.4 Å². The number of carboxylic acids is 2. The number of alkyl halides is 1. The molecule has 0 aliphatic carbocycles. The SMILES string of the molecule is CC(Br)Cc1ccc2c(c1)OC(C(=O)[O-])(C(=O)[O-])O2.[Na+].[Na+]. The van der Waals surface area contributed by atoms with E-state index in [1.54, 1.807) is 6.07 Å². The molecule has 0 saturated carbocycles. The molecule has 0 N–H and O–H groups in total. The summed E-state index contributed by atoms with van der Waals surface area (Å²) >= 11 is 3.38. The van der Waals surface area contributed by atoms with E-state index in [-0.39, 0.29) is 75.4 Å². The van der Waals surface area contributed by atoms with Crippen molar-refractivity contribution in [1.29, 1.82) is 0 Å². The second-order valence-corrected chi connectivity index (χ2v) is 5.72. The normalized spacial score (nSPS) is 15.3. The van der Waals surface area contributed by atoms with Crippen LogP contribution in [0.15, 0.2) is 18.2 Å². The van der Waals surface area contributed by atoms with Crippen LogP contribution in [0.4, 0.5) is 0 Å². The molecule has 1 aromatic carbocycles. The van der Waals surface area contributed by atoms with Gasteiger partial charge in [-0.15, -0.1) is 0 Å². The summed E-state index contributed by atoms with van der Waals surface area (Å²) in [5, 5.41) is 21.8. The maximum Gasteiger partial charge on any atom is 1.00 e. The quantitative estimate of drug-likeness (QED) is 0.295. The molecular formula is C12H9BrNa2O6. The standard InChI is InChI=1S/C12H11BrO6.2Na/c1-6(13)4-7-2-3-8-9(5-7)19-12(18-8,10(14)15)11(16)17;;/h2-3,5-6H,4H2,1H3,(H,14,15)(H,16,17);;/q;2*+1/p-2. The van der Waals surface area contributed by atoms with Gasteiger partial charge in [-0.05, 0) is 24.1 Å². The largest absolute Gasteiger partial charge is 1.00 e. The van der Waals surface area contributed by atoms with Gasteiger partial charge < -0.3 is 29.3 Å². The molecule has 21 heavy (non-hydrogen) atoms. The summed E-state index contributed by atoms with van der Waals surface area (Å²) in [7, 11) is 0. The van der Waals surface area contributed by atoms with Crippen LogP contribution in [0.1, 0.15) is 12.5 Å². The average molecular weight is 375 g/mol. The molecule has 2 rings (SSSR count). The van der Waals surface area contributed by atoms with Crippen LogP contribution >= 0.6 is 15.9 Å². The van der Waals surface area contributed by atoms with Gasteiger partial charge in [-0.1, -0.05) is 28.9 Å². The summed E-state index contributed by atoms with van der Waals surface area (Å²) in [5.74, 6) is -6.88. The summed E-state index contributed by atoms with van der Waals surface area (Å²) < 4.78 is 9.70. The van der Waals surface area contributed by atoms with Crippen LogP contribution in [0.5, 0.6) is 11.5 Å². The zero-order valence-corrected chi connectivity index (χ0v) is 17.4. The van der Waals surface area contributed by atoms with E-state index in [1.807, 2.05) is 6.92 Å². The van der Waals surface area contributed by atoms with E-state index in [0.717, 1.165) is 5.56 Å². The number of rotatable bonds is 4. The van der Waals surface area contributed by atoms with Gasteiger partial charge >= 0.3 is 64.9 Å². The third-order valence-corrected chi connectivity index (χ3v) is 2.89. The van der Waals surface area contributed by atoms with Crippen molar-refractivity contribution in [2.75, 3.05) is 0 Å². The monoisotopic (exact) mass is 374 g/mol. The van der Waals surface area contributed by atoms with Crippen molar-refractivity contribution in [2.24, 2.45) is 0 Å². The number of benzene rings is 1. The van der Waals surface area contributed by atoms with Gasteiger partial charge in [-0.2, -0.15) is 0 Å². The molecule has 1 aliphatic rings. The summed E-state index contributed by atoms with van der Waals surface area (Å²) in [4.78, 5) is 22.0. The van der Waals surface area contributed by atoms with Crippen molar-refractivity contribution in [2.45, 2.75) is 24.0 Å². The zero-order chi connectivity index (χ0) is 14.2. The van der Waals surface area contributed by atoms with Gasteiger partial charge in [0.05, 0.1) is 0 Å². The Hall–Kier alpha value is 0.240. The second kappa shape index (κ2) is 8.19. The van der Waals surface area contributed by atoms with Crippen LogP contribution in [0.25, 0.3) is 0 Å². The predicted molar refractivity (Wildman–Crippen MR) is 62.5 cm³/mol. The van der Waals surface area contributed by atoms with Gasteiger partial charge in [0, 0.05) is 4.83 Å². The minimum Gasteiger partial charge on any atom is -0.542 e. The smallest absolute Gasteiger partial charge is 0.542 e. The van der Waals surface area contributed by atoms with Crippen molar-refractivity contribution in [3.63, 3.8) is 0 Å². The summed E-state index contributed by atoms with van der Waals surface area (Å²) in [6.07, 6.45) is 0.667. The molecule has 6 nitrogen and oxygen atoms in total. The number of carboxylic acid groups (broad SMARTS) is 2. The van der Waals surface area contributed by atoms with Crippen molar-refractivity contribution >= 4 is 27.9 Å². The van der Waals surface area contributed by atoms with Crippen molar-refractivity contribution in [3.05, 3.63) is 23.8 Å². The molecular weight excluding hydrogens is 366 g/mol. The molecule has 1 aliphatic heterocycles. The maximum atomic E-state index is 10.9. The zero-order valence-electron chi connectivity index (χ0n) is 11.8. The van der Waals surface area contributed by atoms with Crippen LogP contribution in [-0.4, -0.2) is 22.6 Å². The molecule has 0 bridgehead atoms. The third kappa shape index (κ3) is 4.37. The molecule has 0 spiro atoms. The van der Waals surface area contributed by atoms with E-state index in [0.29, 0.717) is 6.42 Å². The Labute approximate surface area is 173 Å². The first-order valence-corrected chi connectivity index (χ1v) is 6.34. The molecule has 0 fully saturated rings. The number of fused-ring (bicyclic) bond motifs is 1. The molecule has 1 aromatic rings. The van der Waals surface area contributed by atoms with Crippen molar-refractivity contribution in [3.8, 4) is 11.5 Å². The van der Waals surface area contributed by atoms with Crippen LogP contribution in [0.3, 0.4) is 0 Å². The first-order chi connectivity index (χ1) is 8.85. The third-order valence-electron chi connectivity index (χ3n) is 2.57. The molecule has 0 saturated heterocycles. The Balaban J connectivity index is 0.00000200. The van der Waals surface area contributed by atoms with Crippen LogP contribution in [-0.2, 0) is 16.0 Å². The molecule has 0 amide bonds. The molecule has 9 heteroatoms. The number of carbonyl (C=O) groups is 2. The topological polar surface area (TPSA) is 98.7 Å². The van der Waals surface area contributed by atoms with Gasteiger partial charge in [0.25, 0.3) is 0 Å². The number of ether oxygens (including phenoxy) is 2. The van der Waals surface area contributed by atoms with Gasteiger partial charge in [-0.3, -0.25) is 0 Å². The summed E-state index contributed by atoms with van der Waals surface area (Å²) in [6.45, 7) is 1.94. The van der Waals surface area contributed by atoms with Gasteiger partial charge in [0.2, 0.25) is 0 Å².